The van der Waals surface area contributed by atoms with Crippen LogP contribution < -0.4 is 11.1 Å². The fraction of sp³-hybridized carbons (Fsp3) is 0.800. The Morgan fingerprint density at radius 3 is 2.50 bits per heavy atom. The number of nitrogens with one attached hydrogen (secondary N) is 1. The van der Waals surface area contributed by atoms with Crippen molar-refractivity contribution in [2.24, 2.45) is 5.73 Å². The molecular weight excluding hydrogens is 212 g/mol. The summed E-state index contributed by atoms with van der Waals surface area (Å²) >= 11 is 0. The van der Waals surface area contributed by atoms with Gasteiger partial charge in [-0.2, -0.15) is 0 Å². The molecule has 16 heavy (non-hydrogen) atoms. The largest absolute Gasteiger partial charge is 0.481 e. The van der Waals surface area contributed by atoms with Gasteiger partial charge in [0.2, 0.25) is 5.91 Å². The Hall–Kier alpha value is -1.14. The van der Waals surface area contributed by atoms with Crippen LogP contribution in [0, 0.1) is 0 Å². The van der Waals surface area contributed by atoms with Crippen molar-refractivity contribution >= 4 is 11.9 Å². The molecule has 0 aliphatic rings. The number of carboxylic acids is 1. The van der Waals surface area contributed by atoms with Gasteiger partial charge in [-0.25, -0.2) is 0 Å². The zero-order valence-electron chi connectivity index (χ0n) is 9.69. The topological polar surface area (TPSA) is 113 Å². The van der Waals surface area contributed by atoms with Crippen molar-refractivity contribution in [3.05, 3.63) is 0 Å². The minimum atomic E-state index is -0.983. The molecule has 0 radical (unpaired) electrons. The van der Waals surface area contributed by atoms with E-state index in [0.29, 0.717) is 6.42 Å². The van der Waals surface area contributed by atoms with E-state index in [1.54, 1.807) is 13.8 Å². The maximum atomic E-state index is 11.4. The summed E-state index contributed by atoms with van der Waals surface area (Å²) < 4.78 is 0. The number of carbonyl (C=O) groups is 2. The first-order valence-electron chi connectivity index (χ1n) is 5.26. The Morgan fingerprint density at radius 2 is 2.06 bits per heavy atom. The number of carboxylic acid groups (broad SMARTS) is 1. The van der Waals surface area contributed by atoms with Crippen molar-refractivity contribution in [3.63, 3.8) is 0 Å². The molecule has 0 aromatic carbocycles. The normalized spacial score (nSPS) is 16.2. The third-order valence-electron chi connectivity index (χ3n) is 2.41. The lowest BCUT2D eigenvalue weighted by Gasteiger charge is -2.22. The van der Waals surface area contributed by atoms with Crippen molar-refractivity contribution in [1.29, 1.82) is 0 Å². The van der Waals surface area contributed by atoms with E-state index in [1.807, 2.05) is 0 Å². The molecule has 0 aliphatic heterocycles. The highest BCUT2D eigenvalue weighted by atomic mass is 16.4. The number of carbonyl (C=O) groups excluding carboxylic acids is 1. The molecule has 0 fully saturated rings. The molecule has 6 nitrogen and oxygen atoms in total. The van der Waals surface area contributed by atoms with Crippen LogP contribution in [-0.4, -0.2) is 40.3 Å². The van der Waals surface area contributed by atoms with Gasteiger partial charge in [0.15, 0.2) is 0 Å². The van der Waals surface area contributed by atoms with Crippen LogP contribution in [-0.2, 0) is 9.59 Å². The Balaban J connectivity index is 3.92. The van der Waals surface area contributed by atoms with E-state index in [4.69, 9.17) is 10.8 Å². The monoisotopic (exact) mass is 232 g/mol. The molecule has 0 spiro atoms. The second kappa shape index (κ2) is 6.44. The maximum Gasteiger partial charge on any atom is 0.303 e. The molecule has 2 unspecified atom stereocenters. The Bertz CT molecular complexity index is 253. The predicted molar refractivity (Wildman–Crippen MR) is 58.8 cm³/mol. The summed E-state index contributed by atoms with van der Waals surface area (Å²) in [5, 5.41) is 20.5. The van der Waals surface area contributed by atoms with Gasteiger partial charge in [-0.15, -0.1) is 0 Å². The molecule has 0 aromatic heterocycles. The van der Waals surface area contributed by atoms with E-state index < -0.39 is 23.5 Å². The molecule has 2 atom stereocenters. The number of hydrogen-bond acceptors (Lipinski definition) is 4. The van der Waals surface area contributed by atoms with Crippen LogP contribution in [0.5, 0.6) is 0 Å². The lowest BCUT2D eigenvalue weighted by molar-refractivity contribution is -0.137. The van der Waals surface area contributed by atoms with Gasteiger partial charge in [-0.05, 0) is 19.8 Å². The second-order valence-corrected chi connectivity index (χ2v) is 4.11. The summed E-state index contributed by atoms with van der Waals surface area (Å²) in [4.78, 5) is 21.6. The fourth-order valence-electron chi connectivity index (χ4n) is 0.944. The smallest absolute Gasteiger partial charge is 0.303 e. The fourth-order valence-corrected chi connectivity index (χ4v) is 0.944. The van der Waals surface area contributed by atoms with Gasteiger partial charge in [0.25, 0.3) is 0 Å². The third kappa shape index (κ3) is 6.36. The minimum Gasteiger partial charge on any atom is -0.481 e. The molecule has 94 valence electrons. The molecule has 0 bridgehead atoms. The van der Waals surface area contributed by atoms with Crippen molar-refractivity contribution in [3.8, 4) is 0 Å². The number of amides is 1. The minimum absolute atomic E-state index is 0.0927. The van der Waals surface area contributed by atoms with Crippen LogP contribution in [0.3, 0.4) is 0 Å². The van der Waals surface area contributed by atoms with Crippen molar-refractivity contribution < 1.29 is 19.8 Å². The molecule has 5 N–H and O–H groups in total. The van der Waals surface area contributed by atoms with E-state index in [1.165, 1.54) is 0 Å². The molecule has 0 aliphatic carbocycles. The summed E-state index contributed by atoms with van der Waals surface area (Å²) in [6, 6.07) is -0.844. The average Bonchev–Trinajstić information content (AvgIpc) is 2.22. The van der Waals surface area contributed by atoms with Gasteiger partial charge >= 0.3 is 5.97 Å². The highest BCUT2D eigenvalue weighted by molar-refractivity contribution is 5.82. The first kappa shape index (κ1) is 14.9. The Morgan fingerprint density at radius 1 is 1.50 bits per heavy atom. The molecule has 0 saturated heterocycles. The summed E-state index contributed by atoms with van der Waals surface area (Å²) in [6.45, 7) is 3.52. The standard InChI is InChI=1S/C10H20N2O4/c1-3-10(2,16)6-12-9(15)7(11)4-5-8(13)14/h7,16H,3-6,11H2,1-2H3,(H,12,15)(H,13,14). The molecule has 0 rings (SSSR count). The first-order chi connectivity index (χ1) is 7.28. The van der Waals surface area contributed by atoms with Gasteiger partial charge in [-0.1, -0.05) is 6.92 Å². The number of nitrogens with two attached hydrogens (primary N) is 1. The van der Waals surface area contributed by atoms with E-state index in [2.05, 4.69) is 5.32 Å². The summed E-state index contributed by atoms with van der Waals surface area (Å²) in [7, 11) is 0. The van der Waals surface area contributed by atoms with Gasteiger partial charge in [0.1, 0.15) is 0 Å². The van der Waals surface area contributed by atoms with Crippen LogP contribution in [0.25, 0.3) is 0 Å². The first-order valence-corrected chi connectivity index (χ1v) is 5.26. The predicted octanol–water partition coefficient (Wildman–Crippen LogP) is -0.544. The average molecular weight is 232 g/mol. The van der Waals surface area contributed by atoms with Gasteiger partial charge in [0, 0.05) is 13.0 Å². The molecule has 0 aromatic rings. The maximum absolute atomic E-state index is 11.4. The van der Waals surface area contributed by atoms with Gasteiger partial charge in [0.05, 0.1) is 11.6 Å². The van der Waals surface area contributed by atoms with Crippen LogP contribution in [0.2, 0.25) is 0 Å². The molecule has 0 saturated carbocycles. The zero-order chi connectivity index (χ0) is 12.8. The Kier molecular flexibility index (Phi) is 5.98. The van der Waals surface area contributed by atoms with Crippen molar-refractivity contribution in [2.45, 2.75) is 44.8 Å². The lowest BCUT2D eigenvalue weighted by atomic mass is 10.0. The Labute approximate surface area is 94.8 Å². The molecule has 6 heteroatoms. The van der Waals surface area contributed by atoms with Crippen LogP contribution >= 0.6 is 0 Å². The number of hydrogen-bond donors (Lipinski definition) is 4. The quantitative estimate of drug-likeness (QED) is 0.470. The lowest BCUT2D eigenvalue weighted by Crippen LogP contribution is -2.47. The van der Waals surface area contributed by atoms with E-state index in [-0.39, 0.29) is 19.4 Å². The van der Waals surface area contributed by atoms with Crippen LogP contribution in [0.15, 0.2) is 0 Å². The SMILES string of the molecule is CCC(C)(O)CNC(=O)C(N)CCC(=O)O. The summed E-state index contributed by atoms with van der Waals surface area (Å²) in [5.74, 6) is -1.42. The molecule has 1 amide bonds. The van der Waals surface area contributed by atoms with E-state index >= 15 is 0 Å². The van der Waals surface area contributed by atoms with Crippen LogP contribution in [0.1, 0.15) is 33.1 Å². The zero-order valence-corrected chi connectivity index (χ0v) is 9.69. The third-order valence-corrected chi connectivity index (χ3v) is 2.41. The van der Waals surface area contributed by atoms with Crippen molar-refractivity contribution in [1.82, 2.24) is 5.32 Å². The molecular formula is C10H20N2O4. The van der Waals surface area contributed by atoms with Crippen molar-refractivity contribution in [2.75, 3.05) is 6.54 Å². The number of aliphatic carboxylic acids is 1. The summed E-state index contributed by atoms with van der Waals surface area (Å²) in [6.07, 6.45) is 0.464. The molecule has 0 heterocycles. The second-order valence-electron chi connectivity index (χ2n) is 4.11. The van der Waals surface area contributed by atoms with E-state index in [0.717, 1.165) is 0 Å². The highest BCUT2D eigenvalue weighted by Gasteiger charge is 2.21. The number of rotatable bonds is 7. The van der Waals surface area contributed by atoms with Gasteiger partial charge in [-0.3, -0.25) is 9.59 Å². The number of aliphatic hydroxyl groups is 1. The van der Waals surface area contributed by atoms with Gasteiger partial charge < -0.3 is 21.3 Å². The van der Waals surface area contributed by atoms with E-state index in [9.17, 15) is 14.7 Å². The highest BCUT2D eigenvalue weighted by Crippen LogP contribution is 2.06. The summed E-state index contributed by atoms with van der Waals surface area (Å²) in [5.41, 5.74) is 4.52. The van der Waals surface area contributed by atoms with Crippen LogP contribution in [0.4, 0.5) is 0 Å².